The number of carbonyl (C=O) groups is 1. The van der Waals surface area contributed by atoms with Crippen molar-refractivity contribution in [3.05, 3.63) is 35.4 Å². The third-order valence-electron chi connectivity index (χ3n) is 2.31. The number of aliphatic hydroxyl groups is 1. The Balaban J connectivity index is 0.00000256. The first-order chi connectivity index (χ1) is 7.61. The van der Waals surface area contributed by atoms with Gasteiger partial charge in [0.2, 0.25) is 0 Å². The van der Waals surface area contributed by atoms with E-state index in [0.29, 0.717) is 19.3 Å². The lowest BCUT2D eigenvalue weighted by Gasteiger charge is -2.05. The fourth-order valence-electron chi connectivity index (χ4n) is 1.43. The van der Waals surface area contributed by atoms with Crippen molar-refractivity contribution in [2.45, 2.75) is 25.5 Å². The molecule has 0 fully saturated rings. The van der Waals surface area contributed by atoms with Crippen LogP contribution in [0.4, 0.5) is 0 Å². The minimum absolute atomic E-state index is 0. The van der Waals surface area contributed by atoms with Gasteiger partial charge < -0.3 is 15.6 Å². The molecule has 0 heterocycles. The smallest absolute Gasteiger partial charge is 0.305 e. The standard InChI is InChI=1S/C12H17NO3.ClH/c1-16-12(15)7-6-9-2-4-10(5-3-9)8-11(13)14;/h2-5,11,14H,6-8,13H2,1H3;1H. The summed E-state index contributed by atoms with van der Waals surface area (Å²) in [6, 6.07) is 7.67. The maximum absolute atomic E-state index is 10.9. The molecular weight excluding hydrogens is 242 g/mol. The van der Waals surface area contributed by atoms with Gasteiger partial charge in [-0.3, -0.25) is 4.79 Å². The number of ether oxygens (including phenoxy) is 1. The van der Waals surface area contributed by atoms with Crippen molar-refractivity contribution in [1.29, 1.82) is 0 Å². The van der Waals surface area contributed by atoms with Crippen molar-refractivity contribution in [1.82, 2.24) is 0 Å². The van der Waals surface area contributed by atoms with Gasteiger partial charge in [-0.2, -0.15) is 0 Å². The molecule has 0 radical (unpaired) electrons. The van der Waals surface area contributed by atoms with E-state index in [4.69, 9.17) is 10.8 Å². The second kappa shape index (κ2) is 8.06. The van der Waals surface area contributed by atoms with E-state index in [1.807, 2.05) is 24.3 Å². The molecule has 5 heteroatoms. The summed E-state index contributed by atoms with van der Waals surface area (Å²) >= 11 is 0. The molecule has 1 aromatic carbocycles. The summed E-state index contributed by atoms with van der Waals surface area (Å²) < 4.78 is 4.56. The highest BCUT2D eigenvalue weighted by Crippen LogP contribution is 2.08. The van der Waals surface area contributed by atoms with Crippen LogP contribution in [0, 0.1) is 0 Å². The molecule has 0 aromatic heterocycles. The van der Waals surface area contributed by atoms with Crippen molar-refractivity contribution >= 4 is 18.4 Å². The van der Waals surface area contributed by atoms with Crippen LogP contribution in [0.5, 0.6) is 0 Å². The molecule has 96 valence electrons. The highest BCUT2D eigenvalue weighted by molar-refractivity contribution is 5.85. The molecule has 1 aromatic rings. The Hall–Kier alpha value is -1.10. The molecule has 1 rings (SSSR count). The third-order valence-corrected chi connectivity index (χ3v) is 2.31. The summed E-state index contributed by atoms with van der Waals surface area (Å²) in [6.45, 7) is 0. The number of aryl methyl sites for hydroxylation is 1. The Bertz CT molecular complexity index is 338. The van der Waals surface area contributed by atoms with Gasteiger partial charge in [-0.15, -0.1) is 12.4 Å². The number of nitrogens with two attached hydrogens (primary N) is 1. The molecule has 3 N–H and O–H groups in total. The SMILES string of the molecule is COC(=O)CCc1ccc(CC(N)O)cc1.Cl. The largest absolute Gasteiger partial charge is 0.469 e. The molecule has 0 aliphatic rings. The van der Waals surface area contributed by atoms with E-state index in [0.717, 1.165) is 11.1 Å². The maximum Gasteiger partial charge on any atom is 0.305 e. The van der Waals surface area contributed by atoms with E-state index in [1.54, 1.807) is 0 Å². The fraction of sp³-hybridized carbons (Fsp3) is 0.417. The van der Waals surface area contributed by atoms with E-state index < -0.39 is 6.23 Å². The van der Waals surface area contributed by atoms with Crippen molar-refractivity contribution in [3.63, 3.8) is 0 Å². The summed E-state index contributed by atoms with van der Waals surface area (Å²) in [7, 11) is 1.38. The van der Waals surface area contributed by atoms with Crippen LogP contribution in [0.1, 0.15) is 17.5 Å². The van der Waals surface area contributed by atoms with Gasteiger partial charge in [-0.25, -0.2) is 0 Å². The number of hydrogen-bond acceptors (Lipinski definition) is 4. The van der Waals surface area contributed by atoms with E-state index in [2.05, 4.69) is 4.74 Å². The van der Waals surface area contributed by atoms with Crippen molar-refractivity contribution in [2.75, 3.05) is 7.11 Å². The number of carbonyl (C=O) groups excluding carboxylic acids is 1. The highest BCUT2D eigenvalue weighted by atomic mass is 35.5. The second-order valence-corrected chi connectivity index (χ2v) is 3.66. The lowest BCUT2D eigenvalue weighted by atomic mass is 10.1. The first-order valence-electron chi connectivity index (χ1n) is 5.20. The highest BCUT2D eigenvalue weighted by Gasteiger charge is 2.02. The van der Waals surface area contributed by atoms with Crippen molar-refractivity contribution in [2.24, 2.45) is 5.73 Å². The Morgan fingerprint density at radius 1 is 1.35 bits per heavy atom. The molecule has 4 nitrogen and oxygen atoms in total. The van der Waals surface area contributed by atoms with Gasteiger partial charge in [0.1, 0.15) is 6.23 Å². The lowest BCUT2D eigenvalue weighted by molar-refractivity contribution is -0.140. The molecule has 0 spiro atoms. The van der Waals surface area contributed by atoms with E-state index in [-0.39, 0.29) is 18.4 Å². The Kier molecular flexibility index (Phi) is 7.54. The van der Waals surface area contributed by atoms with Gasteiger partial charge in [0.05, 0.1) is 7.11 Å². The Morgan fingerprint density at radius 3 is 2.35 bits per heavy atom. The van der Waals surface area contributed by atoms with Crippen LogP contribution in [0.25, 0.3) is 0 Å². The Morgan fingerprint density at radius 2 is 1.88 bits per heavy atom. The monoisotopic (exact) mass is 259 g/mol. The van der Waals surface area contributed by atoms with Crippen molar-refractivity contribution in [3.8, 4) is 0 Å². The fourth-order valence-corrected chi connectivity index (χ4v) is 1.43. The molecule has 0 aliphatic heterocycles. The Labute approximate surface area is 107 Å². The average Bonchev–Trinajstić information content (AvgIpc) is 2.27. The molecule has 17 heavy (non-hydrogen) atoms. The lowest BCUT2D eigenvalue weighted by Crippen LogP contribution is -2.21. The van der Waals surface area contributed by atoms with Crippen LogP contribution < -0.4 is 5.73 Å². The average molecular weight is 260 g/mol. The van der Waals surface area contributed by atoms with Gasteiger partial charge in [-0.1, -0.05) is 24.3 Å². The zero-order valence-corrected chi connectivity index (χ0v) is 10.6. The minimum atomic E-state index is -0.819. The zero-order chi connectivity index (χ0) is 12.0. The van der Waals surface area contributed by atoms with Gasteiger partial charge in [0.15, 0.2) is 0 Å². The van der Waals surface area contributed by atoms with Gasteiger partial charge >= 0.3 is 5.97 Å². The first-order valence-corrected chi connectivity index (χ1v) is 5.20. The van der Waals surface area contributed by atoms with Crippen LogP contribution in [-0.4, -0.2) is 24.4 Å². The molecule has 0 aliphatic carbocycles. The summed E-state index contributed by atoms with van der Waals surface area (Å²) in [5.41, 5.74) is 7.33. The van der Waals surface area contributed by atoms with Gasteiger partial charge in [0.25, 0.3) is 0 Å². The number of benzene rings is 1. The van der Waals surface area contributed by atoms with Crippen LogP contribution in [0.15, 0.2) is 24.3 Å². The number of methoxy groups -OCH3 is 1. The second-order valence-electron chi connectivity index (χ2n) is 3.66. The summed E-state index contributed by atoms with van der Waals surface area (Å²) in [6.07, 6.45) is 0.672. The van der Waals surface area contributed by atoms with Crippen LogP contribution in [0.3, 0.4) is 0 Å². The molecule has 0 amide bonds. The molecule has 1 unspecified atom stereocenters. The molecular formula is C12H18ClNO3. The van der Waals surface area contributed by atoms with Gasteiger partial charge in [0, 0.05) is 12.8 Å². The van der Waals surface area contributed by atoms with E-state index in [1.165, 1.54) is 7.11 Å². The normalized spacial score (nSPS) is 11.5. The molecule has 1 atom stereocenters. The van der Waals surface area contributed by atoms with Gasteiger partial charge in [-0.05, 0) is 17.5 Å². The van der Waals surface area contributed by atoms with Crippen LogP contribution >= 0.6 is 12.4 Å². The summed E-state index contributed by atoms with van der Waals surface area (Å²) in [4.78, 5) is 10.9. The first kappa shape index (κ1) is 15.9. The predicted molar refractivity (Wildman–Crippen MR) is 67.9 cm³/mol. The van der Waals surface area contributed by atoms with Crippen LogP contribution in [0.2, 0.25) is 0 Å². The topological polar surface area (TPSA) is 72.5 Å². The maximum atomic E-state index is 10.9. The molecule has 0 bridgehead atoms. The number of hydrogen-bond donors (Lipinski definition) is 2. The molecule has 0 saturated carbocycles. The predicted octanol–water partition coefficient (Wildman–Crippen LogP) is 1.03. The summed E-state index contributed by atoms with van der Waals surface area (Å²) in [5.74, 6) is -0.207. The number of aliphatic hydroxyl groups excluding tert-OH is 1. The molecule has 0 saturated heterocycles. The van der Waals surface area contributed by atoms with Crippen molar-refractivity contribution < 1.29 is 14.6 Å². The zero-order valence-electron chi connectivity index (χ0n) is 9.76. The number of rotatable bonds is 5. The van der Waals surface area contributed by atoms with Crippen LogP contribution in [-0.2, 0) is 22.4 Å². The van der Waals surface area contributed by atoms with E-state index in [9.17, 15) is 4.79 Å². The minimum Gasteiger partial charge on any atom is -0.469 e. The third kappa shape index (κ3) is 6.26. The summed E-state index contributed by atoms with van der Waals surface area (Å²) in [5, 5.41) is 9.00. The quantitative estimate of drug-likeness (QED) is 0.612. The number of halogens is 1. The van der Waals surface area contributed by atoms with E-state index >= 15 is 0 Å². The number of esters is 1.